The second kappa shape index (κ2) is 10.7. The number of thiol groups is 1. The number of likely N-dealkylation sites (N-methyl/N-ethyl adjacent to an activating group) is 1. The van der Waals surface area contributed by atoms with Crippen LogP contribution in [0.1, 0.15) is 38.2 Å². The monoisotopic (exact) mass is 308 g/mol. The smallest absolute Gasteiger partial charge is 0.239 e. The molecule has 21 heavy (non-hydrogen) atoms. The van der Waals surface area contributed by atoms with E-state index in [0.29, 0.717) is 6.54 Å². The van der Waals surface area contributed by atoms with Gasteiger partial charge < -0.3 is 10.2 Å². The Morgan fingerprint density at radius 2 is 2.00 bits per heavy atom. The topological polar surface area (TPSA) is 32.3 Å². The van der Waals surface area contributed by atoms with Crippen molar-refractivity contribution in [1.29, 1.82) is 0 Å². The highest BCUT2D eigenvalue weighted by molar-refractivity contribution is 7.80. The minimum atomic E-state index is -0.118. The van der Waals surface area contributed by atoms with Crippen LogP contribution in [-0.2, 0) is 11.3 Å². The first-order valence-electron chi connectivity index (χ1n) is 7.82. The summed E-state index contributed by atoms with van der Waals surface area (Å²) in [5, 5.41) is 3.38. The van der Waals surface area contributed by atoms with E-state index >= 15 is 0 Å². The van der Waals surface area contributed by atoms with Gasteiger partial charge in [-0.2, -0.15) is 12.6 Å². The van der Waals surface area contributed by atoms with Crippen LogP contribution >= 0.6 is 12.6 Å². The van der Waals surface area contributed by atoms with Gasteiger partial charge in [0.15, 0.2) is 0 Å². The number of benzene rings is 1. The summed E-state index contributed by atoms with van der Waals surface area (Å²) in [6, 6.07) is 9.97. The van der Waals surface area contributed by atoms with Crippen molar-refractivity contribution in [1.82, 2.24) is 10.2 Å². The molecule has 1 atom stereocenters. The molecule has 1 rings (SSSR count). The highest BCUT2D eigenvalue weighted by Gasteiger charge is 2.20. The average molecular weight is 308 g/mol. The number of nitrogens with zero attached hydrogens (tertiary/aromatic N) is 1. The fourth-order valence-corrected chi connectivity index (χ4v) is 2.55. The van der Waals surface area contributed by atoms with Crippen molar-refractivity contribution < 1.29 is 4.79 Å². The first kappa shape index (κ1) is 18.1. The molecular formula is C17H28N2OS. The van der Waals surface area contributed by atoms with Gasteiger partial charge >= 0.3 is 0 Å². The third-order valence-electron chi connectivity index (χ3n) is 3.53. The molecule has 0 saturated heterocycles. The lowest BCUT2D eigenvalue weighted by molar-refractivity contribution is -0.132. The lowest BCUT2D eigenvalue weighted by atomic mass is 10.1. The molecule has 0 aromatic heterocycles. The van der Waals surface area contributed by atoms with Crippen LogP contribution in [0.5, 0.6) is 0 Å². The fraction of sp³-hybridized carbons (Fsp3) is 0.588. The molecule has 1 aromatic carbocycles. The normalized spacial score (nSPS) is 12.1. The standard InChI is InChI=1S/C17H28N2OS/c1-3-4-8-12-18-16(11-13-21)17(20)19(2)14-15-9-6-5-7-10-15/h5-7,9-10,16,18,21H,3-4,8,11-14H2,1-2H3/t16-/m0/s1. The molecule has 0 saturated carbocycles. The minimum Gasteiger partial charge on any atom is -0.340 e. The molecule has 0 bridgehead atoms. The number of hydrogen-bond acceptors (Lipinski definition) is 3. The fourth-order valence-electron chi connectivity index (χ4n) is 2.29. The molecule has 0 aliphatic heterocycles. The molecule has 0 unspecified atom stereocenters. The van der Waals surface area contributed by atoms with Crippen molar-refractivity contribution in [3.05, 3.63) is 35.9 Å². The first-order chi connectivity index (χ1) is 10.2. The summed E-state index contributed by atoms with van der Waals surface area (Å²) < 4.78 is 0. The van der Waals surface area contributed by atoms with Gasteiger partial charge in [-0.3, -0.25) is 4.79 Å². The SMILES string of the molecule is CCCCCN[C@@H](CCS)C(=O)N(C)Cc1ccccc1. The van der Waals surface area contributed by atoms with E-state index < -0.39 is 0 Å². The van der Waals surface area contributed by atoms with Crippen molar-refractivity contribution >= 4 is 18.5 Å². The zero-order valence-electron chi connectivity index (χ0n) is 13.2. The van der Waals surface area contributed by atoms with Gasteiger partial charge in [-0.25, -0.2) is 0 Å². The molecule has 0 radical (unpaired) electrons. The highest BCUT2D eigenvalue weighted by Crippen LogP contribution is 2.07. The quantitative estimate of drug-likeness (QED) is 0.514. The molecule has 0 spiro atoms. The predicted molar refractivity (Wildman–Crippen MR) is 92.7 cm³/mol. The minimum absolute atomic E-state index is 0.118. The molecule has 0 heterocycles. The van der Waals surface area contributed by atoms with Crippen LogP contribution in [0.2, 0.25) is 0 Å². The Labute approximate surface area is 134 Å². The Balaban J connectivity index is 2.49. The van der Waals surface area contributed by atoms with Gasteiger partial charge in [-0.15, -0.1) is 0 Å². The Bertz CT molecular complexity index is 397. The van der Waals surface area contributed by atoms with Crippen LogP contribution in [0.3, 0.4) is 0 Å². The van der Waals surface area contributed by atoms with Crippen LogP contribution in [-0.4, -0.2) is 36.2 Å². The van der Waals surface area contributed by atoms with E-state index in [9.17, 15) is 4.79 Å². The van der Waals surface area contributed by atoms with E-state index in [1.165, 1.54) is 12.8 Å². The number of carbonyl (C=O) groups is 1. The van der Waals surface area contributed by atoms with Crippen LogP contribution in [0.15, 0.2) is 30.3 Å². The molecule has 0 aliphatic carbocycles. The number of rotatable bonds is 10. The second-order valence-electron chi connectivity index (χ2n) is 5.41. The van der Waals surface area contributed by atoms with E-state index in [-0.39, 0.29) is 11.9 Å². The van der Waals surface area contributed by atoms with Crippen LogP contribution in [0, 0.1) is 0 Å². The van der Waals surface area contributed by atoms with Gasteiger partial charge in [0.05, 0.1) is 6.04 Å². The van der Waals surface area contributed by atoms with Gasteiger partial charge in [0, 0.05) is 13.6 Å². The van der Waals surface area contributed by atoms with Gasteiger partial charge in [0.1, 0.15) is 0 Å². The largest absolute Gasteiger partial charge is 0.340 e. The maximum absolute atomic E-state index is 12.5. The molecule has 3 nitrogen and oxygen atoms in total. The van der Waals surface area contributed by atoms with Gasteiger partial charge in [-0.05, 0) is 30.7 Å². The van der Waals surface area contributed by atoms with Crippen molar-refractivity contribution in [2.75, 3.05) is 19.3 Å². The summed E-state index contributed by atoms with van der Waals surface area (Å²) in [6.45, 7) is 3.74. The lowest BCUT2D eigenvalue weighted by Gasteiger charge is -2.24. The molecule has 1 amide bonds. The Morgan fingerprint density at radius 1 is 1.29 bits per heavy atom. The van der Waals surface area contributed by atoms with E-state index in [0.717, 1.165) is 30.7 Å². The second-order valence-corrected chi connectivity index (χ2v) is 5.85. The zero-order valence-corrected chi connectivity index (χ0v) is 14.1. The molecule has 1 aromatic rings. The predicted octanol–water partition coefficient (Wildman–Crippen LogP) is 3.11. The first-order valence-corrected chi connectivity index (χ1v) is 8.45. The van der Waals surface area contributed by atoms with Gasteiger partial charge in [-0.1, -0.05) is 50.1 Å². The molecule has 4 heteroatoms. The summed E-state index contributed by atoms with van der Waals surface area (Å²) in [4.78, 5) is 14.3. The van der Waals surface area contributed by atoms with Crippen molar-refractivity contribution in [3.63, 3.8) is 0 Å². The maximum atomic E-state index is 12.5. The lowest BCUT2D eigenvalue weighted by Crippen LogP contribution is -2.45. The van der Waals surface area contributed by atoms with E-state index in [2.05, 4.69) is 24.9 Å². The van der Waals surface area contributed by atoms with Crippen LogP contribution < -0.4 is 5.32 Å². The van der Waals surface area contributed by atoms with Crippen molar-refractivity contribution in [2.24, 2.45) is 0 Å². The van der Waals surface area contributed by atoms with Gasteiger partial charge in [0.25, 0.3) is 0 Å². The number of amides is 1. The third-order valence-corrected chi connectivity index (χ3v) is 3.78. The average Bonchev–Trinajstić information content (AvgIpc) is 2.50. The zero-order chi connectivity index (χ0) is 15.5. The maximum Gasteiger partial charge on any atom is 0.239 e. The Hall–Kier alpha value is -1.00. The summed E-state index contributed by atoms with van der Waals surface area (Å²) in [5.41, 5.74) is 1.16. The molecule has 118 valence electrons. The van der Waals surface area contributed by atoms with E-state index in [4.69, 9.17) is 0 Å². The van der Waals surface area contributed by atoms with Crippen LogP contribution in [0.25, 0.3) is 0 Å². The third kappa shape index (κ3) is 7.00. The van der Waals surface area contributed by atoms with Crippen molar-refractivity contribution in [2.45, 2.75) is 45.2 Å². The molecular weight excluding hydrogens is 280 g/mol. The van der Waals surface area contributed by atoms with Crippen molar-refractivity contribution in [3.8, 4) is 0 Å². The summed E-state index contributed by atoms with van der Waals surface area (Å²) >= 11 is 4.27. The molecule has 0 fully saturated rings. The van der Waals surface area contributed by atoms with E-state index in [1.807, 2.05) is 37.4 Å². The molecule has 1 N–H and O–H groups in total. The Kier molecular flexibility index (Phi) is 9.19. The van der Waals surface area contributed by atoms with Crippen LogP contribution in [0.4, 0.5) is 0 Å². The number of hydrogen-bond donors (Lipinski definition) is 2. The highest BCUT2D eigenvalue weighted by atomic mass is 32.1. The van der Waals surface area contributed by atoms with Gasteiger partial charge in [0.2, 0.25) is 5.91 Å². The number of nitrogens with one attached hydrogen (secondary N) is 1. The number of carbonyl (C=O) groups excluding carboxylic acids is 1. The summed E-state index contributed by atoms with van der Waals surface area (Å²) in [6.07, 6.45) is 4.29. The summed E-state index contributed by atoms with van der Waals surface area (Å²) in [5.74, 6) is 0.875. The summed E-state index contributed by atoms with van der Waals surface area (Å²) in [7, 11) is 1.87. The van der Waals surface area contributed by atoms with E-state index in [1.54, 1.807) is 4.90 Å². The Morgan fingerprint density at radius 3 is 2.62 bits per heavy atom. The number of unbranched alkanes of at least 4 members (excludes halogenated alkanes) is 2. The molecule has 0 aliphatic rings.